The third kappa shape index (κ3) is 8.28. The highest BCUT2D eigenvalue weighted by Gasteiger charge is 2.42. The van der Waals surface area contributed by atoms with Crippen LogP contribution in [-0.4, -0.2) is 72.4 Å². The zero-order chi connectivity index (χ0) is 28.8. The average molecular weight is 543 g/mol. The molecule has 4 amide bonds. The fraction of sp³-hybridized carbons (Fsp3) is 0.308. The van der Waals surface area contributed by atoms with Crippen molar-refractivity contribution >= 4 is 36.0 Å². The minimum Gasteiger partial charge on any atom is -0.449 e. The molecule has 1 N–H and O–H groups in total. The first kappa shape index (κ1) is 30.3. The van der Waals surface area contributed by atoms with E-state index in [1.807, 2.05) is 35.8 Å². The molecule has 0 radical (unpaired) electrons. The van der Waals surface area contributed by atoms with E-state index in [1.165, 1.54) is 39.8 Å². The number of nitrogens with zero attached hydrogens (tertiary/aromatic N) is 3. The number of ketones is 1. The van der Waals surface area contributed by atoms with E-state index in [2.05, 4.69) is 5.10 Å². The van der Waals surface area contributed by atoms with Crippen LogP contribution in [0.5, 0.6) is 0 Å². The van der Waals surface area contributed by atoms with Crippen molar-refractivity contribution in [3.05, 3.63) is 60.2 Å². The van der Waals surface area contributed by atoms with Crippen LogP contribution >= 0.6 is 0 Å². The van der Waals surface area contributed by atoms with Crippen LogP contribution < -0.4 is 5.43 Å². The van der Waals surface area contributed by atoms with Crippen LogP contribution in [0.1, 0.15) is 38.1 Å². The van der Waals surface area contributed by atoms with E-state index < -0.39 is 36.0 Å². The fourth-order valence-corrected chi connectivity index (χ4v) is 3.08. The van der Waals surface area contributed by atoms with Crippen molar-refractivity contribution in [1.29, 1.82) is 0 Å². The molecule has 13 nitrogen and oxygen atoms in total. The van der Waals surface area contributed by atoms with E-state index >= 15 is 0 Å². The largest absolute Gasteiger partial charge is 0.449 e. The molecule has 0 heterocycles. The van der Waals surface area contributed by atoms with Gasteiger partial charge in [0.2, 0.25) is 11.6 Å². The predicted octanol–water partition coefficient (Wildman–Crippen LogP) is 4.58. The van der Waals surface area contributed by atoms with Crippen molar-refractivity contribution in [2.45, 2.75) is 27.7 Å². The van der Waals surface area contributed by atoms with Crippen LogP contribution in [0.2, 0.25) is 0 Å². The van der Waals surface area contributed by atoms with Crippen molar-refractivity contribution < 1.29 is 42.9 Å². The maximum absolute atomic E-state index is 13.7. The maximum atomic E-state index is 13.7. The number of benzene rings is 2. The Morgan fingerprint density at radius 3 is 1.59 bits per heavy atom. The summed E-state index contributed by atoms with van der Waals surface area (Å²) in [6.07, 6.45) is -5.14. The first-order chi connectivity index (χ1) is 18.8. The normalized spacial score (nSPS) is 10.6. The molecule has 0 bridgehead atoms. The van der Waals surface area contributed by atoms with Crippen molar-refractivity contribution in [2.24, 2.45) is 5.10 Å². The highest BCUT2D eigenvalue weighted by molar-refractivity contribution is 6.47. The third-order valence-corrected chi connectivity index (χ3v) is 4.71. The fourth-order valence-electron chi connectivity index (χ4n) is 3.08. The number of hydrogen-bond acceptors (Lipinski definition) is 10. The van der Waals surface area contributed by atoms with Gasteiger partial charge in [-0.05, 0) is 38.8 Å². The Morgan fingerprint density at radius 1 is 0.641 bits per heavy atom. The number of carbonyl (C=O) groups is 5. The van der Waals surface area contributed by atoms with Gasteiger partial charge >= 0.3 is 24.4 Å². The Labute approximate surface area is 225 Å². The van der Waals surface area contributed by atoms with Crippen molar-refractivity contribution in [2.75, 3.05) is 26.4 Å². The number of carbonyl (C=O) groups excluding carboxylic acids is 5. The van der Waals surface area contributed by atoms with Crippen molar-refractivity contribution in [3.63, 3.8) is 0 Å². The number of hydrazone groups is 1. The molecular weight excluding hydrogens is 512 g/mol. The first-order valence-electron chi connectivity index (χ1n) is 12.1. The van der Waals surface area contributed by atoms with Crippen molar-refractivity contribution in [1.82, 2.24) is 15.4 Å². The Kier molecular flexibility index (Phi) is 11.9. The van der Waals surface area contributed by atoms with Gasteiger partial charge in [0.05, 0.1) is 26.4 Å². The number of Topliss-reactive ketones (excluding diaryl/α,β-unsaturated/α-hetero) is 1. The van der Waals surface area contributed by atoms with Gasteiger partial charge < -0.3 is 18.9 Å². The summed E-state index contributed by atoms with van der Waals surface area (Å²) in [6, 6.07) is 15.6. The molecule has 0 aliphatic rings. The first-order valence-corrected chi connectivity index (χ1v) is 12.1. The Hall–Kier alpha value is -4.94. The summed E-state index contributed by atoms with van der Waals surface area (Å²) in [6.45, 7) is 5.34. The van der Waals surface area contributed by atoms with Gasteiger partial charge in [-0.25, -0.2) is 24.6 Å². The van der Waals surface area contributed by atoms with Gasteiger partial charge in [-0.1, -0.05) is 54.6 Å². The summed E-state index contributed by atoms with van der Waals surface area (Å²) in [5.74, 6) is -1.84. The SMILES string of the molecule is CCOC(=O)N/N=C(\C(=O)c1ccc(-c2ccccc2)cc1)N(C(=O)OCC)N(C(=O)OCC)C(=O)OCC. The summed E-state index contributed by atoms with van der Waals surface area (Å²) in [5.41, 5.74) is 3.65. The standard InChI is InChI=1S/C26H30N4O9/c1-5-36-23(32)28-27-22(21(31)20-16-14-19(15-17-20)18-12-10-9-11-13-18)29(24(33)37-6-2)30(25(34)38-7-3)26(35)39-8-4/h9-17H,5-8H2,1-4H3,(H,28,32)/b27-22+. The molecule has 0 aromatic heterocycles. The molecule has 0 unspecified atom stereocenters. The minimum atomic E-state index is -1.36. The van der Waals surface area contributed by atoms with E-state index in [9.17, 15) is 24.0 Å². The quantitative estimate of drug-likeness (QED) is 0.166. The molecule has 13 heteroatoms. The lowest BCUT2D eigenvalue weighted by atomic mass is 10.0. The van der Waals surface area contributed by atoms with Gasteiger partial charge in [-0.2, -0.15) is 0 Å². The van der Waals surface area contributed by atoms with Crippen LogP contribution in [0.3, 0.4) is 0 Å². The summed E-state index contributed by atoms with van der Waals surface area (Å²) in [7, 11) is 0. The lowest BCUT2D eigenvalue weighted by Gasteiger charge is -2.30. The van der Waals surface area contributed by atoms with E-state index in [-0.39, 0.29) is 42.0 Å². The van der Waals surface area contributed by atoms with Gasteiger partial charge in [0, 0.05) is 5.56 Å². The van der Waals surface area contributed by atoms with Crippen LogP contribution in [0.4, 0.5) is 19.2 Å². The molecule has 0 spiro atoms. The molecule has 2 rings (SSSR count). The topological polar surface area (TPSA) is 153 Å². The Balaban J connectivity index is 2.65. The molecule has 208 valence electrons. The van der Waals surface area contributed by atoms with Crippen LogP contribution in [-0.2, 0) is 18.9 Å². The predicted molar refractivity (Wildman–Crippen MR) is 139 cm³/mol. The molecule has 0 saturated heterocycles. The van der Waals surface area contributed by atoms with E-state index in [4.69, 9.17) is 18.9 Å². The second-order valence-electron chi connectivity index (χ2n) is 7.26. The lowest BCUT2D eigenvalue weighted by Crippen LogP contribution is -2.58. The van der Waals surface area contributed by atoms with Crippen LogP contribution in [0.15, 0.2) is 59.7 Å². The minimum absolute atomic E-state index is 0.000978. The molecule has 39 heavy (non-hydrogen) atoms. The summed E-state index contributed by atoms with van der Waals surface area (Å²) < 4.78 is 19.6. The number of hydrazine groups is 1. The zero-order valence-electron chi connectivity index (χ0n) is 22.0. The molecule has 0 atom stereocenters. The number of amidine groups is 1. The highest BCUT2D eigenvalue weighted by atomic mass is 16.6. The van der Waals surface area contributed by atoms with Crippen LogP contribution in [0.25, 0.3) is 11.1 Å². The molecule has 0 aliphatic heterocycles. The number of amides is 4. The molecule has 0 aliphatic carbocycles. The second-order valence-corrected chi connectivity index (χ2v) is 7.26. The monoisotopic (exact) mass is 542 g/mol. The summed E-state index contributed by atoms with van der Waals surface area (Å²) in [5, 5.41) is 4.07. The number of ether oxygens (including phenoxy) is 4. The number of imide groups is 1. The molecular formula is C26H30N4O9. The Morgan fingerprint density at radius 2 is 1.10 bits per heavy atom. The van der Waals surface area contributed by atoms with Gasteiger partial charge in [0.15, 0.2) is 0 Å². The number of nitrogens with one attached hydrogen (secondary N) is 1. The summed E-state index contributed by atoms with van der Waals surface area (Å²) in [4.78, 5) is 64.3. The maximum Gasteiger partial charge on any atom is 0.439 e. The molecule has 0 fully saturated rings. The smallest absolute Gasteiger partial charge is 0.439 e. The lowest BCUT2D eigenvalue weighted by molar-refractivity contribution is 0.0118. The number of hydrogen-bond donors (Lipinski definition) is 1. The van der Waals surface area contributed by atoms with E-state index in [0.29, 0.717) is 0 Å². The third-order valence-electron chi connectivity index (χ3n) is 4.71. The van der Waals surface area contributed by atoms with Gasteiger partial charge in [0.25, 0.3) is 0 Å². The summed E-state index contributed by atoms with van der Waals surface area (Å²) >= 11 is 0. The van der Waals surface area contributed by atoms with Crippen LogP contribution in [0, 0.1) is 0 Å². The zero-order valence-corrected chi connectivity index (χ0v) is 22.0. The molecule has 0 saturated carbocycles. The van der Waals surface area contributed by atoms with Gasteiger partial charge in [-0.3, -0.25) is 4.79 Å². The Bertz CT molecular complexity index is 1170. The highest BCUT2D eigenvalue weighted by Crippen LogP contribution is 2.20. The van der Waals surface area contributed by atoms with Crippen molar-refractivity contribution in [3.8, 4) is 11.1 Å². The molecule has 2 aromatic rings. The van der Waals surface area contributed by atoms with E-state index in [1.54, 1.807) is 12.1 Å². The van der Waals surface area contributed by atoms with Gasteiger partial charge in [-0.15, -0.1) is 15.1 Å². The second kappa shape index (κ2) is 15.3. The number of rotatable bonds is 8. The molecule has 2 aromatic carbocycles. The van der Waals surface area contributed by atoms with E-state index in [0.717, 1.165) is 11.1 Å². The average Bonchev–Trinajstić information content (AvgIpc) is 2.93. The van der Waals surface area contributed by atoms with Gasteiger partial charge in [0.1, 0.15) is 0 Å².